The van der Waals surface area contributed by atoms with Gasteiger partial charge in [-0.2, -0.15) is 0 Å². The number of ether oxygens (including phenoxy) is 6. The molecular formula is C27H34N2O7. The number of methoxy groups -OCH3 is 6. The van der Waals surface area contributed by atoms with Crippen LogP contribution in [0.3, 0.4) is 0 Å². The van der Waals surface area contributed by atoms with Crippen molar-refractivity contribution in [2.75, 3.05) is 49.7 Å². The van der Waals surface area contributed by atoms with Crippen LogP contribution in [0.15, 0.2) is 11.8 Å². The van der Waals surface area contributed by atoms with E-state index in [4.69, 9.17) is 28.4 Å². The number of carbonyl (C=O) groups is 1. The zero-order valence-electron chi connectivity index (χ0n) is 22.3. The van der Waals surface area contributed by atoms with Gasteiger partial charge in [0.25, 0.3) is 0 Å². The van der Waals surface area contributed by atoms with Crippen LogP contribution in [0.2, 0.25) is 0 Å². The number of benzene rings is 2. The number of nitrogens with zero attached hydrogens (tertiary/aromatic N) is 1. The largest absolute Gasteiger partial charge is 0.496 e. The highest BCUT2D eigenvalue weighted by Gasteiger charge is 2.46. The van der Waals surface area contributed by atoms with Gasteiger partial charge in [-0.05, 0) is 33.0 Å². The zero-order chi connectivity index (χ0) is 26.3. The summed E-state index contributed by atoms with van der Waals surface area (Å²) in [4.78, 5) is 15.3. The summed E-state index contributed by atoms with van der Waals surface area (Å²) in [6, 6.07) is 1.15. The normalized spacial score (nSPS) is 19.9. The van der Waals surface area contributed by atoms with Gasteiger partial charge in [-0.1, -0.05) is 0 Å². The van der Waals surface area contributed by atoms with Gasteiger partial charge in [0.15, 0.2) is 23.0 Å². The van der Waals surface area contributed by atoms with Crippen molar-refractivity contribution in [2.45, 2.75) is 32.4 Å². The first-order valence-electron chi connectivity index (χ1n) is 11.6. The molecule has 2 bridgehead atoms. The molecule has 194 valence electrons. The van der Waals surface area contributed by atoms with Crippen LogP contribution < -0.4 is 33.7 Å². The molecule has 9 nitrogen and oxygen atoms in total. The molecule has 2 aliphatic rings. The van der Waals surface area contributed by atoms with Crippen LogP contribution in [-0.4, -0.2) is 66.6 Å². The second-order valence-corrected chi connectivity index (χ2v) is 8.85. The summed E-state index contributed by atoms with van der Waals surface area (Å²) in [5, 5.41) is 3.13. The smallest absolute Gasteiger partial charge is 0.241 e. The summed E-state index contributed by atoms with van der Waals surface area (Å²) in [7, 11) is 11.6. The molecule has 0 radical (unpaired) electrons. The molecule has 2 heterocycles. The average molecular weight is 499 g/mol. The molecule has 2 aliphatic heterocycles. The predicted octanol–water partition coefficient (Wildman–Crippen LogP) is 3.42. The molecule has 0 aliphatic carbocycles. The molecule has 1 amide bonds. The summed E-state index contributed by atoms with van der Waals surface area (Å²) in [5.41, 5.74) is 4.89. The molecule has 2 aromatic carbocycles. The minimum atomic E-state index is -0.361. The Morgan fingerprint density at radius 3 is 1.97 bits per heavy atom. The van der Waals surface area contributed by atoms with Crippen LogP contribution in [0.4, 0.5) is 0 Å². The highest BCUT2D eigenvalue weighted by Crippen LogP contribution is 2.53. The molecule has 1 saturated heterocycles. The van der Waals surface area contributed by atoms with Crippen LogP contribution in [0.5, 0.6) is 34.5 Å². The predicted molar refractivity (Wildman–Crippen MR) is 136 cm³/mol. The van der Waals surface area contributed by atoms with Crippen molar-refractivity contribution in [3.63, 3.8) is 0 Å². The lowest BCUT2D eigenvalue weighted by Crippen LogP contribution is -2.57. The maximum atomic E-state index is 13.3. The molecule has 0 aromatic heterocycles. The minimum absolute atomic E-state index is 0.0868. The van der Waals surface area contributed by atoms with E-state index in [1.165, 1.54) is 0 Å². The van der Waals surface area contributed by atoms with Crippen molar-refractivity contribution >= 4 is 12.0 Å². The Hall–Kier alpha value is -3.59. The highest BCUT2D eigenvalue weighted by molar-refractivity contribution is 5.89. The van der Waals surface area contributed by atoms with Crippen LogP contribution in [0.1, 0.15) is 33.9 Å². The molecule has 0 saturated carbocycles. The fourth-order valence-electron chi connectivity index (χ4n) is 5.61. The van der Waals surface area contributed by atoms with Gasteiger partial charge in [0.2, 0.25) is 5.91 Å². The lowest BCUT2D eigenvalue weighted by Gasteiger charge is -2.46. The van der Waals surface area contributed by atoms with E-state index < -0.39 is 0 Å². The van der Waals surface area contributed by atoms with E-state index in [1.807, 2.05) is 33.0 Å². The SMILES string of the molecule is COc1cc(/C=C2/NC(=O)C3Cc4c(OC)c(C)c(OC)c(OC)c4C2N3C)c(OC)c(C)c1OC. The Morgan fingerprint density at radius 1 is 0.833 bits per heavy atom. The van der Waals surface area contributed by atoms with Crippen LogP contribution >= 0.6 is 0 Å². The number of amides is 1. The average Bonchev–Trinajstić information content (AvgIpc) is 2.86. The van der Waals surface area contributed by atoms with E-state index in [0.29, 0.717) is 46.6 Å². The third-order valence-corrected chi connectivity index (χ3v) is 7.17. The quantitative estimate of drug-likeness (QED) is 0.622. The number of rotatable bonds is 7. The van der Waals surface area contributed by atoms with Crippen molar-refractivity contribution in [1.82, 2.24) is 10.2 Å². The van der Waals surface area contributed by atoms with Crippen molar-refractivity contribution < 1.29 is 33.2 Å². The third-order valence-electron chi connectivity index (χ3n) is 7.17. The Labute approximate surface area is 211 Å². The van der Waals surface area contributed by atoms with Crippen molar-refractivity contribution in [1.29, 1.82) is 0 Å². The Balaban J connectivity index is 2.02. The second-order valence-electron chi connectivity index (χ2n) is 8.85. The van der Waals surface area contributed by atoms with Gasteiger partial charge in [-0.3, -0.25) is 9.69 Å². The molecule has 0 spiro atoms. The van der Waals surface area contributed by atoms with Crippen molar-refractivity contribution in [3.8, 4) is 34.5 Å². The molecule has 1 N–H and O–H groups in total. The third kappa shape index (κ3) is 3.69. The second kappa shape index (κ2) is 9.81. The maximum Gasteiger partial charge on any atom is 0.241 e. The Bertz CT molecular complexity index is 1240. The number of piperazine rings is 1. The van der Waals surface area contributed by atoms with E-state index >= 15 is 0 Å². The first kappa shape index (κ1) is 25.5. The van der Waals surface area contributed by atoms with Gasteiger partial charge in [0.05, 0.1) is 54.7 Å². The standard InChI is InChI=1S/C27H34N2O7/c1-13-22(32-5)15(11-19(31-4)24(13)34-7)10-17-21-20-16(12-18(29(21)3)27(30)28-17)23(33-6)14(2)25(35-8)26(20)36-9/h10-11,18,21H,12H2,1-9H3,(H,28,30)/b17-10+. The van der Waals surface area contributed by atoms with Crippen molar-refractivity contribution in [3.05, 3.63) is 39.6 Å². The van der Waals surface area contributed by atoms with E-state index in [-0.39, 0.29) is 18.0 Å². The Kier molecular flexibility index (Phi) is 6.95. The minimum Gasteiger partial charge on any atom is -0.496 e. The van der Waals surface area contributed by atoms with E-state index in [0.717, 1.165) is 27.8 Å². The topological polar surface area (TPSA) is 87.7 Å². The summed E-state index contributed by atoms with van der Waals surface area (Å²) in [6.07, 6.45) is 2.40. The molecule has 1 fully saturated rings. The first-order valence-corrected chi connectivity index (χ1v) is 11.6. The van der Waals surface area contributed by atoms with Gasteiger partial charge in [0, 0.05) is 39.9 Å². The summed E-state index contributed by atoms with van der Waals surface area (Å²) in [5.74, 6) is 3.64. The zero-order valence-corrected chi connectivity index (χ0v) is 22.3. The van der Waals surface area contributed by atoms with Gasteiger partial charge < -0.3 is 33.7 Å². The van der Waals surface area contributed by atoms with Gasteiger partial charge >= 0.3 is 0 Å². The number of likely N-dealkylation sites (N-methyl/N-ethyl adjacent to an activating group) is 1. The first-order chi connectivity index (χ1) is 17.3. The van der Waals surface area contributed by atoms with Crippen LogP contribution in [0, 0.1) is 13.8 Å². The lowest BCUT2D eigenvalue weighted by molar-refractivity contribution is -0.128. The number of nitrogens with one attached hydrogen (secondary N) is 1. The van der Waals surface area contributed by atoms with Gasteiger partial charge in [0.1, 0.15) is 11.5 Å². The molecular weight excluding hydrogens is 464 g/mol. The number of fused-ring (bicyclic) bond motifs is 4. The fourth-order valence-corrected chi connectivity index (χ4v) is 5.61. The van der Waals surface area contributed by atoms with Crippen LogP contribution in [0.25, 0.3) is 6.08 Å². The molecule has 2 atom stereocenters. The lowest BCUT2D eigenvalue weighted by atomic mass is 9.81. The van der Waals surface area contributed by atoms with E-state index in [9.17, 15) is 4.79 Å². The molecule has 36 heavy (non-hydrogen) atoms. The monoisotopic (exact) mass is 498 g/mol. The molecule has 2 unspecified atom stereocenters. The maximum absolute atomic E-state index is 13.3. The number of hydrogen-bond donors (Lipinski definition) is 1. The van der Waals surface area contributed by atoms with Gasteiger partial charge in [-0.25, -0.2) is 0 Å². The Morgan fingerprint density at radius 2 is 1.42 bits per heavy atom. The number of hydrogen-bond acceptors (Lipinski definition) is 8. The van der Waals surface area contributed by atoms with E-state index in [1.54, 1.807) is 42.7 Å². The van der Waals surface area contributed by atoms with E-state index in [2.05, 4.69) is 10.2 Å². The number of carbonyl (C=O) groups excluding carboxylic acids is 1. The molecule has 2 aromatic rings. The summed E-state index contributed by atoms with van der Waals surface area (Å²) in [6.45, 7) is 3.84. The van der Waals surface area contributed by atoms with Gasteiger partial charge in [-0.15, -0.1) is 0 Å². The summed E-state index contributed by atoms with van der Waals surface area (Å²) >= 11 is 0. The molecule has 9 heteroatoms. The molecule has 4 rings (SSSR count). The summed E-state index contributed by atoms with van der Waals surface area (Å²) < 4.78 is 34.4. The van der Waals surface area contributed by atoms with Crippen LogP contribution in [-0.2, 0) is 11.2 Å². The highest BCUT2D eigenvalue weighted by atomic mass is 16.5. The fraction of sp³-hybridized carbons (Fsp3) is 0.444. The van der Waals surface area contributed by atoms with Crippen molar-refractivity contribution in [2.24, 2.45) is 0 Å².